The van der Waals surface area contributed by atoms with Crippen LogP contribution in [0.3, 0.4) is 0 Å². The van der Waals surface area contributed by atoms with Gasteiger partial charge in [-0.25, -0.2) is 9.97 Å². The van der Waals surface area contributed by atoms with E-state index in [1.807, 2.05) is 25.1 Å². The Balaban J connectivity index is 1.48. The molecule has 0 saturated heterocycles. The number of guanidine groups is 1. The van der Waals surface area contributed by atoms with Crippen molar-refractivity contribution in [3.63, 3.8) is 0 Å². The van der Waals surface area contributed by atoms with Gasteiger partial charge in [-0.3, -0.25) is 9.56 Å². The van der Waals surface area contributed by atoms with E-state index in [9.17, 15) is 8.78 Å². The number of rotatable bonds is 7. The van der Waals surface area contributed by atoms with Crippen molar-refractivity contribution in [1.29, 1.82) is 0 Å². The molecule has 0 saturated carbocycles. The fraction of sp³-hybridized carbons (Fsp3) is 0.389. The molecule has 9 heteroatoms. The Hall–Kier alpha value is -2.97. The van der Waals surface area contributed by atoms with E-state index >= 15 is 0 Å². The number of nitrogens with zero attached hydrogens (tertiary/aromatic N) is 5. The van der Waals surface area contributed by atoms with Gasteiger partial charge in [0.2, 0.25) is 0 Å². The molecule has 0 aliphatic carbocycles. The van der Waals surface area contributed by atoms with Crippen LogP contribution in [0.5, 0.6) is 0 Å². The van der Waals surface area contributed by atoms with E-state index in [0.29, 0.717) is 12.5 Å². The summed E-state index contributed by atoms with van der Waals surface area (Å²) in [6.45, 7) is 1.08. The molecule has 2 heterocycles. The van der Waals surface area contributed by atoms with Crippen LogP contribution in [0.25, 0.3) is 11.0 Å². The van der Waals surface area contributed by atoms with Crippen LogP contribution >= 0.6 is 0 Å². The molecule has 0 spiro atoms. The Labute approximate surface area is 156 Å². The van der Waals surface area contributed by atoms with Gasteiger partial charge in [-0.05, 0) is 25.5 Å². The molecule has 0 unspecified atom stereocenters. The SMILES string of the molecule is CN=C(NCCCn1c(C)nc2ccccc21)NCc1nccn1C(F)F. The minimum atomic E-state index is -2.60. The van der Waals surface area contributed by atoms with Gasteiger partial charge in [-0.1, -0.05) is 12.1 Å². The molecule has 2 N–H and O–H groups in total. The smallest absolute Gasteiger partial charge is 0.319 e. The third-order valence-corrected chi connectivity index (χ3v) is 4.29. The largest absolute Gasteiger partial charge is 0.356 e. The number of halogens is 2. The number of nitrogens with one attached hydrogen (secondary N) is 2. The van der Waals surface area contributed by atoms with Crippen LogP contribution < -0.4 is 10.6 Å². The third kappa shape index (κ3) is 4.42. The van der Waals surface area contributed by atoms with Crippen molar-refractivity contribution >= 4 is 17.0 Å². The van der Waals surface area contributed by atoms with Crippen LogP contribution in [0.2, 0.25) is 0 Å². The van der Waals surface area contributed by atoms with Crippen LogP contribution in [0.15, 0.2) is 41.7 Å². The second-order valence-electron chi connectivity index (χ2n) is 6.03. The highest BCUT2D eigenvalue weighted by Gasteiger charge is 2.11. The molecule has 2 aromatic heterocycles. The number of aliphatic imine (C=N–C) groups is 1. The van der Waals surface area contributed by atoms with Gasteiger partial charge in [0, 0.05) is 32.5 Å². The van der Waals surface area contributed by atoms with Gasteiger partial charge >= 0.3 is 6.55 Å². The van der Waals surface area contributed by atoms with Crippen molar-refractivity contribution < 1.29 is 8.78 Å². The van der Waals surface area contributed by atoms with Crippen LogP contribution in [0.4, 0.5) is 8.78 Å². The molecule has 0 fully saturated rings. The number of alkyl halides is 2. The maximum Gasteiger partial charge on any atom is 0.319 e. The molecule has 0 bridgehead atoms. The van der Waals surface area contributed by atoms with Gasteiger partial charge in [0.1, 0.15) is 11.6 Å². The Bertz CT molecular complexity index is 913. The Kier molecular flexibility index (Phi) is 6.00. The van der Waals surface area contributed by atoms with E-state index in [2.05, 4.69) is 36.2 Å². The van der Waals surface area contributed by atoms with Crippen molar-refractivity contribution in [3.05, 3.63) is 48.3 Å². The van der Waals surface area contributed by atoms with Gasteiger partial charge in [0.15, 0.2) is 5.96 Å². The van der Waals surface area contributed by atoms with Crippen molar-refractivity contribution in [2.75, 3.05) is 13.6 Å². The lowest BCUT2D eigenvalue weighted by molar-refractivity contribution is 0.0668. The van der Waals surface area contributed by atoms with E-state index in [1.165, 1.54) is 12.4 Å². The van der Waals surface area contributed by atoms with Crippen molar-refractivity contribution in [1.82, 2.24) is 29.7 Å². The van der Waals surface area contributed by atoms with Gasteiger partial charge in [-0.15, -0.1) is 0 Å². The number of aromatic nitrogens is 4. The summed E-state index contributed by atoms with van der Waals surface area (Å²) in [6, 6.07) is 8.06. The zero-order valence-electron chi connectivity index (χ0n) is 15.4. The van der Waals surface area contributed by atoms with Gasteiger partial charge in [0.25, 0.3) is 0 Å². The van der Waals surface area contributed by atoms with Gasteiger partial charge in [0.05, 0.1) is 17.6 Å². The first-order valence-corrected chi connectivity index (χ1v) is 8.76. The highest BCUT2D eigenvalue weighted by Crippen LogP contribution is 2.15. The molecule has 27 heavy (non-hydrogen) atoms. The van der Waals surface area contributed by atoms with Crippen molar-refractivity contribution in [2.24, 2.45) is 4.99 Å². The molecule has 1 aromatic carbocycles. The number of aryl methyl sites for hydroxylation is 2. The molecule has 7 nitrogen and oxygen atoms in total. The molecular formula is C18H23F2N7. The first-order chi connectivity index (χ1) is 13.1. The zero-order valence-corrected chi connectivity index (χ0v) is 15.4. The first-order valence-electron chi connectivity index (χ1n) is 8.76. The molecule has 0 aliphatic rings. The number of hydrogen-bond donors (Lipinski definition) is 2. The average Bonchev–Trinajstić information content (AvgIpc) is 3.25. The highest BCUT2D eigenvalue weighted by atomic mass is 19.3. The first kappa shape index (κ1) is 18.8. The summed E-state index contributed by atoms with van der Waals surface area (Å²) in [6.07, 6.45) is 3.49. The molecule has 0 atom stereocenters. The number of para-hydroxylation sites is 2. The monoisotopic (exact) mass is 375 g/mol. The van der Waals surface area contributed by atoms with Gasteiger partial charge < -0.3 is 15.2 Å². The standard InChI is InChI=1S/C18H23F2N7/c1-13-25-14-6-3-4-7-15(14)26(13)10-5-8-23-18(21-2)24-12-16-22-9-11-27(16)17(19)20/h3-4,6-7,9,11,17H,5,8,10,12H2,1-2H3,(H2,21,23,24). The second-order valence-corrected chi connectivity index (χ2v) is 6.03. The molecule has 3 rings (SSSR count). The highest BCUT2D eigenvalue weighted by molar-refractivity contribution is 5.79. The molecule has 144 valence electrons. The summed E-state index contributed by atoms with van der Waals surface area (Å²) in [5.74, 6) is 1.79. The van der Waals surface area contributed by atoms with Crippen LogP contribution in [-0.2, 0) is 13.1 Å². The third-order valence-electron chi connectivity index (χ3n) is 4.29. The van der Waals surface area contributed by atoms with Crippen LogP contribution in [-0.4, -0.2) is 38.7 Å². The fourth-order valence-corrected chi connectivity index (χ4v) is 2.96. The van der Waals surface area contributed by atoms with Crippen LogP contribution in [0.1, 0.15) is 24.6 Å². The maximum absolute atomic E-state index is 12.8. The number of hydrogen-bond acceptors (Lipinski definition) is 3. The predicted octanol–water partition coefficient (Wildman–Crippen LogP) is 2.69. The van der Waals surface area contributed by atoms with Crippen molar-refractivity contribution in [2.45, 2.75) is 33.0 Å². The lowest BCUT2D eigenvalue weighted by Crippen LogP contribution is -2.38. The Morgan fingerprint density at radius 1 is 1.26 bits per heavy atom. The summed E-state index contributed by atoms with van der Waals surface area (Å²) in [7, 11) is 1.64. The molecule has 0 aliphatic heterocycles. The topological polar surface area (TPSA) is 72.1 Å². The summed E-state index contributed by atoms with van der Waals surface area (Å²) in [4.78, 5) is 12.6. The molecule has 0 amide bonds. The summed E-state index contributed by atoms with van der Waals surface area (Å²) in [5, 5.41) is 6.20. The van der Waals surface area contributed by atoms with E-state index in [0.717, 1.165) is 34.4 Å². The van der Waals surface area contributed by atoms with E-state index in [4.69, 9.17) is 0 Å². The summed E-state index contributed by atoms with van der Waals surface area (Å²) >= 11 is 0. The quantitative estimate of drug-likeness (QED) is 0.378. The lowest BCUT2D eigenvalue weighted by Gasteiger charge is -2.13. The summed E-state index contributed by atoms with van der Waals surface area (Å²) in [5.41, 5.74) is 2.12. The Morgan fingerprint density at radius 2 is 2.07 bits per heavy atom. The molecule has 3 aromatic rings. The van der Waals surface area contributed by atoms with E-state index in [1.54, 1.807) is 7.05 Å². The zero-order chi connectivity index (χ0) is 19.2. The maximum atomic E-state index is 12.8. The second kappa shape index (κ2) is 8.61. The fourth-order valence-electron chi connectivity index (χ4n) is 2.96. The van der Waals surface area contributed by atoms with E-state index in [-0.39, 0.29) is 12.4 Å². The number of benzene rings is 1. The molecule has 0 radical (unpaired) electrons. The summed E-state index contributed by atoms with van der Waals surface area (Å²) < 4.78 is 28.7. The number of imidazole rings is 2. The normalized spacial score (nSPS) is 12.1. The van der Waals surface area contributed by atoms with Crippen molar-refractivity contribution in [3.8, 4) is 0 Å². The minimum Gasteiger partial charge on any atom is -0.356 e. The van der Waals surface area contributed by atoms with E-state index < -0.39 is 6.55 Å². The minimum absolute atomic E-state index is 0.169. The molecular weight excluding hydrogens is 352 g/mol. The average molecular weight is 375 g/mol. The Morgan fingerprint density at radius 3 is 2.85 bits per heavy atom. The van der Waals surface area contributed by atoms with Gasteiger partial charge in [-0.2, -0.15) is 8.78 Å². The van der Waals surface area contributed by atoms with Crippen LogP contribution in [0, 0.1) is 6.92 Å². The number of fused-ring (bicyclic) bond motifs is 1. The predicted molar refractivity (Wildman–Crippen MR) is 101 cm³/mol. The lowest BCUT2D eigenvalue weighted by atomic mass is 10.3.